The summed E-state index contributed by atoms with van der Waals surface area (Å²) in [5, 5.41) is 13.0. The number of benzene rings is 2. The van der Waals surface area contributed by atoms with Crippen molar-refractivity contribution in [3.63, 3.8) is 0 Å². The van der Waals surface area contributed by atoms with E-state index in [0.717, 1.165) is 54.0 Å². The molecular formula is C29H34ClN5O. The second kappa shape index (κ2) is 8.70. The third kappa shape index (κ3) is 3.77. The van der Waals surface area contributed by atoms with Crippen LogP contribution in [0.2, 0.25) is 5.02 Å². The number of amides is 1. The number of aromatic nitrogens is 3. The first-order chi connectivity index (χ1) is 17.3. The molecule has 3 aromatic rings. The summed E-state index contributed by atoms with van der Waals surface area (Å²) in [6.45, 7) is 5.74. The Morgan fingerprint density at radius 1 is 1.19 bits per heavy atom. The third-order valence-electron chi connectivity index (χ3n) is 8.92. The lowest BCUT2D eigenvalue weighted by Gasteiger charge is -2.47. The minimum absolute atomic E-state index is 0.0218. The fourth-order valence-corrected chi connectivity index (χ4v) is 6.68. The number of anilines is 1. The Bertz CT molecular complexity index is 1320. The molecule has 0 unspecified atom stereocenters. The van der Waals surface area contributed by atoms with Crippen LogP contribution in [0.15, 0.2) is 42.7 Å². The van der Waals surface area contributed by atoms with Crippen molar-refractivity contribution in [2.24, 2.45) is 13.0 Å². The van der Waals surface area contributed by atoms with Gasteiger partial charge in [-0.3, -0.25) is 4.79 Å². The van der Waals surface area contributed by atoms with E-state index in [1.54, 1.807) is 6.33 Å². The quantitative estimate of drug-likeness (QED) is 0.444. The Labute approximate surface area is 218 Å². The average molecular weight is 504 g/mol. The Balaban J connectivity index is 1.29. The van der Waals surface area contributed by atoms with Gasteiger partial charge in [-0.15, -0.1) is 10.2 Å². The Morgan fingerprint density at radius 2 is 2.00 bits per heavy atom. The van der Waals surface area contributed by atoms with Crippen molar-refractivity contribution in [2.45, 2.75) is 76.4 Å². The van der Waals surface area contributed by atoms with Gasteiger partial charge in [0.1, 0.15) is 12.2 Å². The number of nitrogens with one attached hydrogen (secondary N) is 1. The molecule has 0 atom stereocenters. The largest absolute Gasteiger partial charge is 0.320 e. The first-order valence-corrected chi connectivity index (χ1v) is 13.5. The van der Waals surface area contributed by atoms with E-state index in [4.69, 9.17) is 11.6 Å². The second-order valence-corrected chi connectivity index (χ2v) is 11.8. The molecule has 3 aliphatic rings. The number of rotatable bonds is 7. The molecule has 0 saturated heterocycles. The van der Waals surface area contributed by atoms with Gasteiger partial charge in [0, 0.05) is 41.0 Å². The molecule has 0 radical (unpaired) electrons. The zero-order valence-corrected chi connectivity index (χ0v) is 22.1. The van der Waals surface area contributed by atoms with Crippen LogP contribution in [-0.4, -0.2) is 26.2 Å². The summed E-state index contributed by atoms with van der Waals surface area (Å²) in [4.78, 5) is 15.5. The van der Waals surface area contributed by atoms with Crippen LogP contribution in [0.4, 0.5) is 5.69 Å². The van der Waals surface area contributed by atoms with E-state index in [1.807, 2.05) is 34.7 Å². The fraction of sp³-hybridized carbons (Fsp3) is 0.483. The average Bonchev–Trinajstić information content (AvgIpc) is 3.40. The maximum atomic E-state index is 13.6. The molecule has 2 saturated carbocycles. The lowest BCUT2D eigenvalue weighted by atomic mass is 9.57. The maximum Gasteiger partial charge on any atom is 0.258 e. The van der Waals surface area contributed by atoms with Crippen molar-refractivity contribution in [3.05, 3.63) is 75.8 Å². The van der Waals surface area contributed by atoms with Gasteiger partial charge >= 0.3 is 0 Å². The van der Waals surface area contributed by atoms with Gasteiger partial charge in [-0.2, -0.15) is 0 Å². The van der Waals surface area contributed by atoms with Gasteiger partial charge in [-0.25, -0.2) is 0 Å². The molecule has 1 amide bonds. The molecule has 36 heavy (non-hydrogen) atoms. The second-order valence-electron chi connectivity index (χ2n) is 11.3. The number of carbonyl (C=O) groups is 1. The van der Waals surface area contributed by atoms with E-state index in [1.165, 1.54) is 24.8 Å². The van der Waals surface area contributed by atoms with Gasteiger partial charge in [0.15, 0.2) is 0 Å². The summed E-state index contributed by atoms with van der Waals surface area (Å²) in [7, 11) is 2.01. The van der Waals surface area contributed by atoms with Crippen molar-refractivity contribution in [1.82, 2.24) is 20.1 Å². The number of carbonyl (C=O) groups excluding carboxylic acids is 1. The minimum atomic E-state index is -0.161. The first kappa shape index (κ1) is 23.7. The molecular weight excluding hydrogens is 470 g/mol. The Kier molecular flexibility index (Phi) is 5.73. The Morgan fingerprint density at radius 3 is 2.67 bits per heavy atom. The number of hydrogen-bond donors (Lipinski definition) is 1. The molecule has 2 heterocycles. The molecule has 188 valence electrons. The van der Waals surface area contributed by atoms with Gasteiger partial charge in [0.05, 0.1) is 12.0 Å². The van der Waals surface area contributed by atoms with E-state index in [2.05, 4.69) is 47.6 Å². The lowest BCUT2D eigenvalue weighted by molar-refractivity contribution is 0.0996. The highest BCUT2D eigenvalue weighted by molar-refractivity contribution is 6.32. The van der Waals surface area contributed by atoms with Crippen LogP contribution in [0.5, 0.6) is 0 Å². The monoisotopic (exact) mass is 503 g/mol. The van der Waals surface area contributed by atoms with E-state index in [0.29, 0.717) is 17.5 Å². The fourth-order valence-electron chi connectivity index (χ4n) is 6.38. The van der Waals surface area contributed by atoms with Crippen LogP contribution < -0.4 is 10.2 Å². The number of hydrogen-bond acceptors (Lipinski definition) is 4. The molecule has 1 aromatic heterocycles. The van der Waals surface area contributed by atoms with Crippen molar-refractivity contribution < 1.29 is 4.79 Å². The summed E-state index contributed by atoms with van der Waals surface area (Å²) in [5.41, 5.74) is 4.87. The number of nitrogens with zero attached hydrogens (tertiary/aromatic N) is 4. The summed E-state index contributed by atoms with van der Waals surface area (Å²) in [5.74, 6) is 1.70. The highest BCUT2D eigenvalue weighted by atomic mass is 35.5. The molecule has 6 nitrogen and oxygen atoms in total. The van der Waals surface area contributed by atoms with Gasteiger partial charge in [0.25, 0.3) is 5.91 Å². The van der Waals surface area contributed by atoms with E-state index in [9.17, 15) is 4.79 Å². The Hall–Kier alpha value is -2.70. The molecule has 2 aromatic carbocycles. The van der Waals surface area contributed by atoms with Crippen LogP contribution in [0.25, 0.3) is 0 Å². The normalized spacial score (nSPS) is 24.4. The van der Waals surface area contributed by atoms with Crippen molar-refractivity contribution >= 4 is 23.2 Å². The van der Waals surface area contributed by atoms with Crippen LogP contribution in [-0.2, 0) is 25.6 Å². The highest BCUT2D eigenvalue weighted by Crippen LogP contribution is 2.53. The number of aryl methyl sites for hydroxylation is 1. The molecule has 2 fully saturated rings. The van der Waals surface area contributed by atoms with Crippen LogP contribution in [0.3, 0.4) is 0 Å². The molecule has 0 spiro atoms. The van der Waals surface area contributed by atoms with Crippen molar-refractivity contribution in [3.8, 4) is 0 Å². The van der Waals surface area contributed by atoms with Crippen molar-refractivity contribution in [2.75, 3.05) is 4.90 Å². The van der Waals surface area contributed by atoms with E-state index >= 15 is 0 Å². The van der Waals surface area contributed by atoms with E-state index in [-0.39, 0.29) is 16.9 Å². The molecule has 1 aliphatic heterocycles. The van der Waals surface area contributed by atoms with Crippen LogP contribution in [0, 0.1) is 5.92 Å². The van der Waals surface area contributed by atoms with Crippen LogP contribution in [0.1, 0.15) is 85.2 Å². The maximum absolute atomic E-state index is 13.6. The first-order valence-electron chi connectivity index (χ1n) is 13.2. The predicted octanol–water partition coefficient (Wildman–Crippen LogP) is 5.77. The predicted molar refractivity (Wildman–Crippen MR) is 142 cm³/mol. The molecule has 0 bridgehead atoms. The molecule has 7 heteroatoms. The van der Waals surface area contributed by atoms with Gasteiger partial charge in [-0.1, -0.05) is 37.1 Å². The highest BCUT2D eigenvalue weighted by Gasteiger charge is 2.49. The summed E-state index contributed by atoms with van der Waals surface area (Å²) in [6.07, 6.45) is 8.71. The summed E-state index contributed by atoms with van der Waals surface area (Å²) >= 11 is 6.72. The number of fused-ring (bicyclic) bond motifs is 1. The molecule has 2 aliphatic carbocycles. The van der Waals surface area contributed by atoms with Crippen molar-refractivity contribution in [1.29, 1.82) is 0 Å². The topological polar surface area (TPSA) is 63.1 Å². The zero-order valence-electron chi connectivity index (χ0n) is 21.4. The minimum Gasteiger partial charge on any atom is -0.320 e. The standard InChI is InChI=1S/C29H34ClN5O/c1-4-19-14-29(15-19,27-33-32-18-34(27)3)21-7-5-8-22(13-21)35-17-24-23(26(35)36)11-20(12-25(24)30)16-31-28(2)9-6-10-28/h5,7-8,11-13,18-19,31H,4,6,9-10,14-17H2,1-3H3. The molecule has 6 rings (SSSR count). The summed E-state index contributed by atoms with van der Waals surface area (Å²) < 4.78 is 2.04. The SMILES string of the molecule is CCC1CC(c2cccc(N3Cc4c(Cl)cc(CNC5(C)CCC5)cc4C3=O)c2)(c2nncn2C)C1. The lowest BCUT2D eigenvalue weighted by Crippen LogP contribution is -2.47. The number of halogens is 1. The van der Waals surface area contributed by atoms with E-state index < -0.39 is 0 Å². The van der Waals surface area contributed by atoms with Gasteiger partial charge in [0.2, 0.25) is 0 Å². The van der Waals surface area contributed by atoms with Gasteiger partial charge in [-0.05, 0) is 80.3 Å². The van der Waals surface area contributed by atoms with Gasteiger partial charge < -0.3 is 14.8 Å². The molecule has 1 N–H and O–H groups in total. The van der Waals surface area contributed by atoms with Crippen LogP contribution >= 0.6 is 11.6 Å². The summed E-state index contributed by atoms with van der Waals surface area (Å²) in [6, 6.07) is 12.5. The zero-order chi connectivity index (χ0) is 25.1. The smallest absolute Gasteiger partial charge is 0.258 e. The third-order valence-corrected chi connectivity index (χ3v) is 9.26.